The summed E-state index contributed by atoms with van der Waals surface area (Å²) in [7, 11) is 0. The quantitative estimate of drug-likeness (QED) is 0.868. The minimum Gasteiger partial charge on any atom is -0.378 e. The number of rotatable bonds is 5. The molecule has 2 aromatic heterocycles. The van der Waals surface area contributed by atoms with Crippen LogP contribution in [0.3, 0.4) is 0 Å². The van der Waals surface area contributed by atoms with Gasteiger partial charge in [-0.05, 0) is 25.0 Å². The first kappa shape index (κ1) is 17.4. The van der Waals surface area contributed by atoms with Gasteiger partial charge in [-0.1, -0.05) is 19.9 Å². The molecule has 3 heterocycles. The summed E-state index contributed by atoms with van der Waals surface area (Å²) < 4.78 is 5.38. The molecule has 0 radical (unpaired) electrons. The first-order valence-electron chi connectivity index (χ1n) is 8.68. The van der Waals surface area contributed by atoms with Gasteiger partial charge in [0.1, 0.15) is 5.82 Å². The topological polar surface area (TPSA) is 83.1 Å². The maximum absolute atomic E-state index is 12.6. The van der Waals surface area contributed by atoms with Crippen molar-refractivity contribution >= 4 is 11.7 Å². The van der Waals surface area contributed by atoms with E-state index in [0.29, 0.717) is 12.1 Å². The second-order valence-corrected chi connectivity index (χ2v) is 6.53. The van der Waals surface area contributed by atoms with E-state index < -0.39 is 0 Å². The first-order chi connectivity index (χ1) is 12.1. The van der Waals surface area contributed by atoms with Crippen LogP contribution in [0.2, 0.25) is 0 Å². The summed E-state index contributed by atoms with van der Waals surface area (Å²) in [6.07, 6.45) is 0. The summed E-state index contributed by atoms with van der Waals surface area (Å²) in [6, 6.07) is 5.89. The Labute approximate surface area is 147 Å². The average molecular weight is 343 g/mol. The number of carbonyl (C=O) groups is 1. The van der Waals surface area contributed by atoms with Crippen molar-refractivity contribution < 1.29 is 9.53 Å². The average Bonchev–Trinajstić information content (AvgIpc) is 3.03. The van der Waals surface area contributed by atoms with Gasteiger partial charge in [0.2, 0.25) is 0 Å². The minimum atomic E-state index is -0.117. The fourth-order valence-electron chi connectivity index (χ4n) is 2.95. The number of morpholine rings is 1. The van der Waals surface area contributed by atoms with Crippen molar-refractivity contribution in [2.24, 2.45) is 0 Å². The fraction of sp³-hybridized carbons (Fsp3) is 0.500. The highest BCUT2D eigenvalue weighted by molar-refractivity contribution is 5.96. The Hall–Kier alpha value is -2.41. The van der Waals surface area contributed by atoms with Crippen LogP contribution in [-0.2, 0) is 11.3 Å². The van der Waals surface area contributed by atoms with Crippen LogP contribution in [0.25, 0.3) is 0 Å². The second-order valence-electron chi connectivity index (χ2n) is 6.53. The number of ether oxygens (including phenoxy) is 1. The molecule has 0 atom stereocenters. The Balaban J connectivity index is 1.67. The van der Waals surface area contributed by atoms with E-state index in [-0.39, 0.29) is 11.8 Å². The Morgan fingerprint density at radius 1 is 1.36 bits per heavy atom. The van der Waals surface area contributed by atoms with Crippen molar-refractivity contribution in [2.75, 3.05) is 31.2 Å². The summed E-state index contributed by atoms with van der Waals surface area (Å²) in [5.41, 5.74) is 3.06. The predicted octanol–water partition coefficient (Wildman–Crippen LogP) is 2.00. The normalized spacial score (nSPS) is 14.8. The molecule has 3 rings (SSSR count). The van der Waals surface area contributed by atoms with Gasteiger partial charge in [0, 0.05) is 18.8 Å². The standard InChI is InChI=1S/C18H25N5O2/c1-12(2)17-16(13(3)21-22-17)18(24)19-11-14-5-4-6-15(20-14)23-7-9-25-10-8-23/h4-6,12H,7-11H2,1-3H3,(H,19,24)(H,21,22). The summed E-state index contributed by atoms with van der Waals surface area (Å²) in [5.74, 6) is 0.999. The molecule has 2 N–H and O–H groups in total. The molecule has 2 aromatic rings. The van der Waals surface area contributed by atoms with Crippen molar-refractivity contribution in [2.45, 2.75) is 33.2 Å². The Bertz CT molecular complexity index is 735. The van der Waals surface area contributed by atoms with Crippen LogP contribution in [0, 0.1) is 6.92 Å². The smallest absolute Gasteiger partial charge is 0.255 e. The van der Waals surface area contributed by atoms with Crippen LogP contribution < -0.4 is 10.2 Å². The molecule has 134 valence electrons. The third-order valence-corrected chi connectivity index (χ3v) is 4.31. The number of H-pyrrole nitrogens is 1. The van der Waals surface area contributed by atoms with E-state index in [4.69, 9.17) is 4.74 Å². The number of nitrogens with zero attached hydrogens (tertiary/aromatic N) is 3. The van der Waals surface area contributed by atoms with Crippen LogP contribution in [0.1, 0.15) is 47.2 Å². The van der Waals surface area contributed by atoms with Crippen molar-refractivity contribution in [3.63, 3.8) is 0 Å². The highest BCUT2D eigenvalue weighted by atomic mass is 16.5. The zero-order valence-electron chi connectivity index (χ0n) is 15.0. The molecule has 0 saturated carbocycles. The summed E-state index contributed by atoms with van der Waals surface area (Å²) in [5, 5.41) is 10.1. The summed E-state index contributed by atoms with van der Waals surface area (Å²) >= 11 is 0. The lowest BCUT2D eigenvalue weighted by atomic mass is 10.0. The van der Waals surface area contributed by atoms with Gasteiger partial charge in [-0.3, -0.25) is 9.89 Å². The Kier molecular flexibility index (Phi) is 5.33. The van der Waals surface area contributed by atoms with Crippen molar-refractivity contribution in [3.05, 3.63) is 40.8 Å². The van der Waals surface area contributed by atoms with Gasteiger partial charge in [-0.2, -0.15) is 5.10 Å². The van der Waals surface area contributed by atoms with Gasteiger partial charge in [0.05, 0.1) is 36.7 Å². The van der Waals surface area contributed by atoms with Crippen LogP contribution in [0.5, 0.6) is 0 Å². The van der Waals surface area contributed by atoms with Gasteiger partial charge in [-0.15, -0.1) is 0 Å². The monoisotopic (exact) mass is 343 g/mol. The molecule has 1 aliphatic heterocycles. The predicted molar refractivity (Wildman–Crippen MR) is 95.9 cm³/mol. The van der Waals surface area contributed by atoms with Crippen LogP contribution in [-0.4, -0.2) is 47.4 Å². The number of pyridine rings is 1. The zero-order valence-corrected chi connectivity index (χ0v) is 15.0. The van der Waals surface area contributed by atoms with Crippen LogP contribution in [0.4, 0.5) is 5.82 Å². The van der Waals surface area contributed by atoms with E-state index in [0.717, 1.165) is 49.2 Å². The maximum atomic E-state index is 12.6. The summed E-state index contributed by atoms with van der Waals surface area (Å²) in [4.78, 5) is 19.4. The van der Waals surface area contributed by atoms with Gasteiger partial charge in [0.15, 0.2) is 0 Å². The maximum Gasteiger partial charge on any atom is 0.255 e. The number of carbonyl (C=O) groups excluding carboxylic acids is 1. The number of aromatic amines is 1. The van der Waals surface area contributed by atoms with E-state index in [1.165, 1.54) is 0 Å². The number of aryl methyl sites for hydroxylation is 1. The van der Waals surface area contributed by atoms with Gasteiger partial charge in [0.25, 0.3) is 5.91 Å². The third-order valence-electron chi connectivity index (χ3n) is 4.31. The van der Waals surface area contributed by atoms with Crippen LogP contribution >= 0.6 is 0 Å². The summed E-state index contributed by atoms with van der Waals surface area (Å²) in [6.45, 7) is 9.44. The number of anilines is 1. The van der Waals surface area contributed by atoms with Gasteiger partial charge in [-0.25, -0.2) is 4.98 Å². The van der Waals surface area contributed by atoms with Gasteiger partial charge < -0.3 is 15.0 Å². The molecule has 0 bridgehead atoms. The third kappa shape index (κ3) is 3.99. The number of aromatic nitrogens is 3. The zero-order chi connectivity index (χ0) is 17.8. The van der Waals surface area contributed by atoms with Gasteiger partial charge >= 0.3 is 0 Å². The lowest BCUT2D eigenvalue weighted by molar-refractivity contribution is 0.0948. The SMILES string of the molecule is Cc1[nH]nc(C(C)C)c1C(=O)NCc1cccc(N2CCOCC2)n1. The van der Waals surface area contributed by atoms with Crippen molar-refractivity contribution in [3.8, 4) is 0 Å². The molecule has 7 heteroatoms. The lowest BCUT2D eigenvalue weighted by Crippen LogP contribution is -2.37. The molecule has 7 nitrogen and oxygen atoms in total. The number of hydrogen-bond donors (Lipinski definition) is 2. The minimum absolute atomic E-state index is 0.117. The lowest BCUT2D eigenvalue weighted by Gasteiger charge is -2.28. The van der Waals surface area contributed by atoms with E-state index in [1.807, 2.05) is 39.0 Å². The highest BCUT2D eigenvalue weighted by Crippen LogP contribution is 2.19. The molecule has 1 saturated heterocycles. The first-order valence-corrected chi connectivity index (χ1v) is 8.68. The Morgan fingerprint density at radius 3 is 2.84 bits per heavy atom. The molecule has 0 unspecified atom stereocenters. The van der Waals surface area contributed by atoms with E-state index in [9.17, 15) is 4.79 Å². The molecule has 1 aliphatic rings. The molecule has 0 aromatic carbocycles. The van der Waals surface area contributed by atoms with Crippen molar-refractivity contribution in [1.82, 2.24) is 20.5 Å². The second kappa shape index (κ2) is 7.65. The molecule has 1 fully saturated rings. The molecule has 0 spiro atoms. The Morgan fingerprint density at radius 2 is 2.12 bits per heavy atom. The van der Waals surface area contributed by atoms with Crippen LogP contribution in [0.15, 0.2) is 18.2 Å². The molecular formula is C18H25N5O2. The molecule has 1 amide bonds. The van der Waals surface area contributed by atoms with E-state index in [2.05, 4.69) is 25.4 Å². The molecular weight excluding hydrogens is 318 g/mol. The number of amides is 1. The van der Waals surface area contributed by atoms with Crippen molar-refractivity contribution in [1.29, 1.82) is 0 Å². The fourth-order valence-corrected chi connectivity index (χ4v) is 2.95. The molecule has 25 heavy (non-hydrogen) atoms. The largest absolute Gasteiger partial charge is 0.378 e. The number of hydrogen-bond acceptors (Lipinski definition) is 5. The highest BCUT2D eigenvalue weighted by Gasteiger charge is 2.20. The molecule has 0 aliphatic carbocycles. The van der Waals surface area contributed by atoms with E-state index in [1.54, 1.807) is 0 Å². The number of nitrogens with one attached hydrogen (secondary N) is 2. The van der Waals surface area contributed by atoms with E-state index >= 15 is 0 Å².